The predicted octanol–water partition coefficient (Wildman–Crippen LogP) is 2.82. The maximum absolute atomic E-state index is 5.77. The summed E-state index contributed by atoms with van der Waals surface area (Å²) in [5.41, 5.74) is 1.81. The molecule has 0 saturated carbocycles. The zero-order valence-corrected chi connectivity index (χ0v) is 9.69. The first kappa shape index (κ1) is 10.1. The molecular weight excluding hydrogens is 188 g/mol. The van der Waals surface area contributed by atoms with E-state index >= 15 is 0 Å². The van der Waals surface area contributed by atoms with Crippen molar-refractivity contribution in [2.24, 2.45) is 0 Å². The van der Waals surface area contributed by atoms with Crippen LogP contribution in [0, 0.1) is 0 Å². The molecule has 0 spiro atoms. The van der Waals surface area contributed by atoms with Crippen LogP contribution in [0.3, 0.4) is 0 Å². The lowest BCUT2D eigenvalue weighted by atomic mass is 10.2. The quantitative estimate of drug-likeness (QED) is 0.706. The molecule has 0 unspecified atom stereocenters. The first-order valence-corrected chi connectivity index (χ1v) is 5.40. The molecule has 2 heterocycles. The Balaban J connectivity index is 2.64. The number of rotatable bonds is 2. The van der Waals surface area contributed by atoms with Gasteiger partial charge in [0, 0.05) is 12.0 Å². The largest absolute Gasteiger partial charge is 0.401 e. The minimum atomic E-state index is 0.331. The SMILES string of the molecule is CC(C)c1nc2ccc[n+](C(C)C)c2o1. The topological polar surface area (TPSA) is 29.9 Å². The van der Waals surface area contributed by atoms with E-state index in [0.717, 1.165) is 17.1 Å². The highest BCUT2D eigenvalue weighted by molar-refractivity contribution is 5.64. The van der Waals surface area contributed by atoms with Crippen molar-refractivity contribution in [2.75, 3.05) is 0 Å². The van der Waals surface area contributed by atoms with E-state index in [1.807, 2.05) is 18.3 Å². The Morgan fingerprint density at radius 3 is 2.60 bits per heavy atom. The second-order valence-corrected chi connectivity index (χ2v) is 4.41. The first-order valence-electron chi connectivity index (χ1n) is 5.40. The first-order chi connectivity index (χ1) is 7.09. The lowest BCUT2D eigenvalue weighted by Gasteiger charge is -1.98. The van der Waals surface area contributed by atoms with E-state index < -0.39 is 0 Å². The minimum absolute atomic E-state index is 0.331. The van der Waals surface area contributed by atoms with E-state index in [0.29, 0.717) is 12.0 Å². The molecule has 2 aromatic heterocycles. The van der Waals surface area contributed by atoms with E-state index in [4.69, 9.17) is 4.42 Å². The van der Waals surface area contributed by atoms with Crippen LogP contribution in [-0.4, -0.2) is 4.98 Å². The summed E-state index contributed by atoms with van der Waals surface area (Å²) >= 11 is 0. The number of hydrogen-bond donors (Lipinski definition) is 0. The molecular formula is C12H17N2O+. The van der Waals surface area contributed by atoms with Gasteiger partial charge < -0.3 is 4.42 Å². The molecule has 0 bridgehead atoms. The molecule has 0 aliphatic rings. The second kappa shape index (κ2) is 3.65. The van der Waals surface area contributed by atoms with Crippen molar-refractivity contribution >= 4 is 11.2 Å². The lowest BCUT2D eigenvalue weighted by molar-refractivity contribution is -0.697. The minimum Gasteiger partial charge on any atom is -0.388 e. The highest BCUT2D eigenvalue weighted by Crippen LogP contribution is 2.18. The third-order valence-corrected chi connectivity index (χ3v) is 2.44. The van der Waals surface area contributed by atoms with Gasteiger partial charge in [0.2, 0.25) is 5.89 Å². The molecule has 0 radical (unpaired) electrons. The van der Waals surface area contributed by atoms with Crippen molar-refractivity contribution in [1.82, 2.24) is 4.98 Å². The maximum Gasteiger partial charge on any atom is 0.401 e. The van der Waals surface area contributed by atoms with Gasteiger partial charge in [-0.2, -0.15) is 4.57 Å². The van der Waals surface area contributed by atoms with Crippen molar-refractivity contribution in [3.63, 3.8) is 0 Å². The molecule has 3 nitrogen and oxygen atoms in total. The molecule has 0 aliphatic heterocycles. The fourth-order valence-corrected chi connectivity index (χ4v) is 1.58. The average molecular weight is 205 g/mol. The van der Waals surface area contributed by atoms with Crippen LogP contribution in [0.4, 0.5) is 0 Å². The fourth-order valence-electron chi connectivity index (χ4n) is 1.58. The Morgan fingerprint density at radius 1 is 1.27 bits per heavy atom. The molecule has 2 rings (SSSR count). The van der Waals surface area contributed by atoms with Gasteiger partial charge in [-0.1, -0.05) is 13.8 Å². The van der Waals surface area contributed by atoms with E-state index in [9.17, 15) is 0 Å². The molecule has 2 aromatic rings. The van der Waals surface area contributed by atoms with Crippen LogP contribution in [-0.2, 0) is 0 Å². The monoisotopic (exact) mass is 205 g/mol. The van der Waals surface area contributed by atoms with E-state index in [1.54, 1.807) is 0 Å². The Morgan fingerprint density at radius 2 is 2.00 bits per heavy atom. The summed E-state index contributed by atoms with van der Waals surface area (Å²) in [7, 11) is 0. The van der Waals surface area contributed by atoms with Gasteiger partial charge in [-0.25, -0.2) is 4.98 Å². The molecule has 0 fully saturated rings. The Hall–Kier alpha value is -1.38. The molecule has 15 heavy (non-hydrogen) atoms. The van der Waals surface area contributed by atoms with Crippen LogP contribution in [0.25, 0.3) is 11.2 Å². The van der Waals surface area contributed by atoms with Crippen LogP contribution in [0.15, 0.2) is 22.7 Å². The zero-order chi connectivity index (χ0) is 11.0. The summed E-state index contributed by atoms with van der Waals surface area (Å²) in [5.74, 6) is 1.14. The Labute approximate surface area is 89.7 Å². The Kier molecular flexibility index (Phi) is 2.47. The summed E-state index contributed by atoms with van der Waals surface area (Å²) in [5, 5.41) is 0. The summed E-state index contributed by atoms with van der Waals surface area (Å²) in [6.07, 6.45) is 2.03. The fraction of sp³-hybridized carbons (Fsp3) is 0.500. The smallest absolute Gasteiger partial charge is 0.388 e. The summed E-state index contributed by atoms with van der Waals surface area (Å²) < 4.78 is 7.88. The number of oxazole rings is 1. The van der Waals surface area contributed by atoms with Crippen LogP contribution < -0.4 is 4.57 Å². The van der Waals surface area contributed by atoms with Crippen molar-refractivity contribution in [1.29, 1.82) is 0 Å². The average Bonchev–Trinajstić information content (AvgIpc) is 2.60. The standard InChI is InChI=1S/C12H17N2O/c1-8(2)11-13-10-6-5-7-14(9(3)4)12(10)15-11/h5-9H,1-4H3/q+1. The number of aromatic nitrogens is 2. The van der Waals surface area contributed by atoms with Gasteiger partial charge in [-0.15, -0.1) is 0 Å². The molecule has 80 valence electrons. The number of hydrogen-bond acceptors (Lipinski definition) is 2. The van der Waals surface area contributed by atoms with Gasteiger partial charge in [0.25, 0.3) is 0 Å². The van der Waals surface area contributed by atoms with Crippen molar-refractivity contribution in [3.05, 3.63) is 24.2 Å². The summed E-state index contributed by atoms with van der Waals surface area (Å²) in [4.78, 5) is 4.47. The van der Waals surface area contributed by atoms with Crippen LogP contribution in [0.5, 0.6) is 0 Å². The molecule has 3 heteroatoms. The molecule has 0 aliphatic carbocycles. The highest BCUT2D eigenvalue weighted by Gasteiger charge is 2.19. The molecule has 0 saturated heterocycles. The van der Waals surface area contributed by atoms with Crippen LogP contribution >= 0.6 is 0 Å². The molecule has 0 N–H and O–H groups in total. The van der Waals surface area contributed by atoms with Gasteiger partial charge in [0.15, 0.2) is 17.8 Å². The Bertz CT molecular complexity index is 471. The van der Waals surface area contributed by atoms with E-state index in [2.05, 4.69) is 37.2 Å². The van der Waals surface area contributed by atoms with Gasteiger partial charge in [0.05, 0.1) is 0 Å². The summed E-state index contributed by atoms with van der Waals surface area (Å²) in [6, 6.07) is 4.39. The molecule has 0 aromatic carbocycles. The lowest BCUT2D eigenvalue weighted by Crippen LogP contribution is -2.35. The van der Waals surface area contributed by atoms with Gasteiger partial charge in [0.1, 0.15) is 0 Å². The predicted molar refractivity (Wildman–Crippen MR) is 58.7 cm³/mol. The zero-order valence-electron chi connectivity index (χ0n) is 9.69. The van der Waals surface area contributed by atoms with Crippen LogP contribution in [0.2, 0.25) is 0 Å². The number of pyridine rings is 1. The van der Waals surface area contributed by atoms with E-state index in [-0.39, 0.29) is 0 Å². The second-order valence-electron chi connectivity index (χ2n) is 4.41. The number of fused-ring (bicyclic) bond motifs is 1. The number of nitrogens with zero attached hydrogens (tertiary/aromatic N) is 2. The third kappa shape index (κ3) is 1.74. The van der Waals surface area contributed by atoms with Crippen molar-refractivity contribution < 1.29 is 8.98 Å². The highest BCUT2D eigenvalue weighted by atomic mass is 16.4. The summed E-state index contributed by atoms with van der Waals surface area (Å²) in [6.45, 7) is 8.45. The third-order valence-electron chi connectivity index (χ3n) is 2.44. The van der Waals surface area contributed by atoms with Crippen molar-refractivity contribution in [2.45, 2.75) is 39.7 Å². The van der Waals surface area contributed by atoms with Crippen molar-refractivity contribution in [3.8, 4) is 0 Å². The molecule has 0 amide bonds. The maximum atomic E-state index is 5.77. The van der Waals surface area contributed by atoms with Crippen LogP contribution in [0.1, 0.15) is 45.5 Å². The molecule has 0 atom stereocenters. The normalized spacial score (nSPS) is 11.9. The van der Waals surface area contributed by atoms with E-state index in [1.165, 1.54) is 0 Å². The van der Waals surface area contributed by atoms with Gasteiger partial charge in [-0.05, 0) is 19.9 Å². The van der Waals surface area contributed by atoms with Gasteiger partial charge >= 0.3 is 5.71 Å². The van der Waals surface area contributed by atoms with Gasteiger partial charge in [-0.3, -0.25) is 0 Å².